The standard InChI is InChI=1S/C14H18N4/c1-10-8-16-12(3)17-14(10)18(4)9-13-5-6-15-11(2)7-13/h5-8H,9H2,1-4H3. The van der Waals surface area contributed by atoms with Gasteiger partial charge in [-0.2, -0.15) is 0 Å². The first-order chi connectivity index (χ1) is 8.56. The Hall–Kier alpha value is -1.97. The summed E-state index contributed by atoms with van der Waals surface area (Å²) < 4.78 is 0. The fraction of sp³-hybridized carbons (Fsp3) is 0.357. The second-order valence-electron chi connectivity index (χ2n) is 4.59. The molecule has 0 aromatic carbocycles. The third-order valence-electron chi connectivity index (χ3n) is 2.81. The van der Waals surface area contributed by atoms with E-state index in [9.17, 15) is 0 Å². The molecule has 0 saturated heterocycles. The van der Waals surface area contributed by atoms with Gasteiger partial charge in [-0.3, -0.25) is 4.98 Å². The third kappa shape index (κ3) is 2.83. The molecule has 0 fully saturated rings. The summed E-state index contributed by atoms with van der Waals surface area (Å²) in [7, 11) is 2.05. The van der Waals surface area contributed by atoms with Crippen LogP contribution in [0.25, 0.3) is 0 Å². The van der Waals surface area contributed by atoms with Crippen LogP contribution in [0.15, 0.2) is 24.5 Å². The highest BCUT2D eigenvalue weighted by molar-refractivity contribution is 5.45. The quantitative estimate of drug-likeness (QED) is 0.829. The molecule has 4 nitrogen and oxygen atoms in total. The van der Waals surface area contributed by atoms with Gasteiger partial charge in [0.2, 0.25) is 0 Å². The van der Waals surface area contributed by atoms with Gasteiger partial charge in [0.05, 0.1) is 0 Å². The van der Waals surface area contributed by atoms with E-state index < -0.39 is 0 Å². The summed E-state index contributed by atoms with van der Waals surface area (Å²) in [6.07, 6.45) is 3.71. The summed E-state index contributed by atoms with van der Waals surface area (Å²) >= 11 is 0. The zero-order valence-electron chi connectivity index (χ0n) is 11.3. The second-order valence-corrected chi connectivity index (χ2v) is 4.59. The van der Waals surface area contributed by atoms with Gasteiger partial charge in [-0.15, -0.1) is 0 Å². The van der Waals surface area contributed by atoms with E-state index in [4.69, 9.17) is 0 Å². The van der Waals surface area contributed by atoms with Gasteiger partial charge in [-0.1, -0.05) is 0 Å². The summed E-state index contributed by atoms with van der Waals surface area (Å²) in [6.45, 7) is 6.76. The van der Waals surface area contributed by atoms with Gasteiger partial charge >= 0.3 is 0 Å². The van der Waals surface area contributed by atoms with Gasteiger partial charge in [-0.25, -0.2) is 9.97 Å². The Morgan fingerprint density at radius 2 is 1.94 bits per heavy atom. The molecule has 0 aliphatic heterocycles. The summed E-state index contributed by atoms with van der Waals surface area (Å²) in [6, 6.07) is 4.13. The van der Waals surface area contributed by atoms with Crippen molar-refractivity contribution in [3.8, 4) is 0 Å². The van der Waals surface area contributed by atoms with E-state index in [1.165, 1.54) is 5.56 Å². The van der Waals surface area contributed by atoms with Crippen LogP contribution in [-0.4, -0.2) is 22.0 Å². The van der Waals surface area contributed by atoms with Crippen molar-refractivity contribution in [3.05, 3.63) is 47.2 Å². The number of hydrogen-bond acceptors (Lipinski definition) is 4. The minimum Gasteiger partial charge on any atom is -0.355 e. The van der Waals surface area contributed by atoms with Crippen molar-refractivity contribution in [1.82, 2.24) is 15.0 Å². The van der Waals surface area contributed by atoms with Gasteiger partial charge in [0.1, 0.15) is 11.6 Å². The van der Waals surface area contributed by atoms with E-state index in [-0.39, 0.29) is 0 Å². The average Bonchev–Trinajstić information content (AvgIpc) is 2.32. The number of hydrogen-bond donors (Lipinski definition) is 0. The molecule has 0 bridgehead atoms. The molecule has 2 aromatic heterocycles. The van der Waals surface area contributed by atoms with Crippen molar-refractivity contribution in [3.63, 3.8) is 0 Å². The minimum absolute atomic E-state index is 0.799. The highest BCUT2D eigenvalue weighted by Gasteiger charge is 2.08. The van der Waals surface area contributed by atoms with Gasteiger partial charge in [0.15, 0.2) is 0 Å². The molecule has 2 heterocycles. The molecule has 0 aliphatic carbocycles. The predicted molar refractivity (Wildman–Crippen MR) is 72.6 cm³/mol. The van der Waals surface area contributed by atoms with Crippen LogP contribution >= 0.6 is 0 Å². The lowest BCUT2D eigenvalue weighted by Gasteiger charge is -2.20. The molecule has 2 rings (SSSR count). The first-order valence-corrected chi connectivity index (χ1v) is 5.99. The number of nitrogens with zero attached hydrogens (tertiary/aromatic N) is 4. The third-order valence-corrected chi connectivity index (χ3v) is 2.81. The van der Waals surface area contributed by atoms with Crippen LogP contribution in [-0.2, 0) is 6.54 Å². The van der Waals surface area contributed by atoms with Crippen LogP contribution in [0.5, 0.6) is 0 Å². The maximum absolute atomic E-state index is 4.49. The lowest BCUT2D eigenvalue weighted by Crippen LogP contribution is -2.19. The van der Waals surface area contributed by atoms with Crippen molar-refractivity contribution in [2.45, 2.75) is 27.3 Å². The SMILES string of the molecule is Cc1cc(CN(C)c2nc(C)ncc2C)ccn1. The molecule has 0 N–H and O–H groups in total. The molecular weight excluding hydrogens is 224 g/mol. The van der Waals surface area contributed by atoms with Crippen LogP contribution in [0, 0.1) is 20.8 Å². The minimum atomic E-state index is 0.799. The smallest absolute Gasteiger partial charge is 0.135 e. The fourth-order valence-corrected chi connectivity index (χ4v) is 1.96. The fourth-order valence-electron chi connectivity index (χ4n) is 1.96. The van der Waals surface area contributed by atoms with Gasteiger partial charge in [0.25, 0.3) is 0 Å². The monoisotopic (exact) mass is 242 g/mol. The lowest BCUT2D eigenvalue weighted by molar-refractivity contribution is 0.866. The van der Waals surface area contributed by atoms with Crippen LogP contribution in [0.4, 0.5) is 5.82 Å². The van der Waals surface area contributed by atoms with E-state index in [1.807, 2.05) is 46.3 Å². The Morgan fingerprint density at radius 3 is 2.67 bits per heavy atom. The van der Waals surface area contributed by atoms with Crippen LogP contribution in [0.2, 0.25) is 0 Å². The number of pyridine rings is 1. The molecule has 0 unspecified atom stereocenters. The summed E-state index contributed by atoms with van der Waals surface area (Å²) in [5.41, 5.74) is 3.37. The molecule has 0 amide bonds. The van der Waals surface area contributed by atoms with E-state index >= 15 is 0 Å². The molecule has 0 saturated carbocycles. The Morgan fingerprint density at radius 1 is 1.17 bits per heavy atom. The maximum atomic E-state index is 4.49. The topological polar surface area (TPSA) is 41.9 Å². The molecule has 18 heavy (non-hydrogen) atoms. The first kappa shape index (κ1) is 12.5. The van der Waals surface area contributed by atoms with Crippen LogP contribution < -0.4 is 4.90 Å². The van der Waals surface area contributed by atoms with Crippen molar-refractivity contribution in [1.29, 1.82) is 0 Å². The largest absolute Gasteiger partial charge is 0.355 e. The van der Waals surface area contributed by atoms with E-state index in [1.54, 1.807) is 0 Å². The van der Waals surface area contributed by atoms with Gasteiger partial charge in [0, 0.05) is 37.2 Å². The molecular formula is C14H18N4. The zero-order valence-corrected chi connectivity index (χ0v) is 11.3. The number of aromatic nitrogens is 3. The molecule has 0 aliphatic rings. The normalized spacial score (nSPS) is 10.4. The van der Waals surface area contributed by atoms with Gasteiger partial charge in [-0.05, 0) is 38.5 Å². The number of anilines is 1. The van der Waals surface area contributed by atoms with Crippen LogP contribution in [0.1, 0.15) is 22.6 Å². The average molecular weight is 242 g/mol. The highest BCUT2D eigenvalue weighted by Crippen LogP contribution is 2.17. The summed E-state index contributed by atoms with van der Waals surface area (Å²) in [5, 5.41) is 0. The van der Waals surface area contributed by atoms with Crippen molar-refractivity contribution >= 4 is 5.82 Å². The summed E-state index contributed by atoms with van der Waals surface area (Å²) in [4.78, 5) is 15.0. The Kier molecular flexibility index (Phi) is 3.55. The summed E-state index contributed by atoms with van der Waals surface area (Å²) in [5.74, 6) is 1.78. The van der Waals surface area contributed by atoms with Gasteiger partial charge < -0.3 is 4.90 Å². The van der Waals surface area contributed by atoms with Crippen molar-refractivity contribution < 1.29 is 0 Å². The van der Waals surface area contributed by atoms with E-state index in [2.05, 4.69) is 25.9 Å². The molecule has 94 valence electrons. The Balaban J connectivity index is 2.21. The van der Waals surface area contributed by atoms with Crippen LogP contribution in [0.3, 0.4) is 0 Å². The highest BCUT2D eigenvalue weighted by atomic mass is 15.2. The predicted octanol–water partition coefficient (Wildman–Crippen LogP) is 2.43. The zero-order chi connectivity index (χ0) is 13.1. The number of aryl methyl sites for hydroxylation is 3. The molecule has 4 heteroatoms. The van der Waals surface area contributed by atoms with E-state index in [0.717, 1.165) is 29.4 Å². The number of rotatable bonds is 3. The maximum Gasteiger partial charge on any atom is 0.135 e. The van der Waals surface area contributed by atoms with Crippen molar-refractivity contribution in [2.24, 2.45) is 0 Å². The Labute approximate surface area is 108 Å². The van der Waals surface area contributed by atoms with Crippen molar-refractivity contribution in [2.75, 3.05) is 11.9 Å². The van der Waals surface area contributed by atoms with E-state index in [0.29, 0.717) is 0 Å². The first-order valence-electron chi connectivity index (χ1n) is 5.99. The molecule has 0 atom stereocenters. The Bertz CT molecular complexity index is 551. The molecule has 0 radical (unpaired) electrons. The lowest BCUT2D eigenvalue weighted by atomic mass is 10.2. The molecule has 0 spiro atoms. The molecule has 2 aromatic rings. The second kappa shape index (κ2) is 5.12.